The second kappa shape index (κ2) is 12.4. The van der Waals surface area contributed by atoms with Crippen LogP contribution in [0.4, 0.5) is 5.95 Å². The average molecular weight is 629 g/mol. The summed E-state index contributed by atoms with van der Waals surface area (Å²) in [5.41, 5.74) is 5.14. The minimum atomic E-state index is -4.54. The standard InChI is InChI=1S/C26H29Cl2N4O8P/c1-15(2)38-23(35)16(3)14-41(36,40-17-7-5-4-6-8-17)37-13-19-20(33)26(28,10-11-27)24(39-19)32-12-9-18-21(32)30-25(29)31-22(18)34/h4-9,12,15-16,19-20,24,33H,13-14H2,1-3H3,(H3,29,30,31,34)/t16-,19-,20+,24-,26?,41+/m1/s1/i13D2. The molecular formula is C26H29Cl2N4O8P. The number of aliphatic hydroxyl groups is 1. The number of nitrogens with two attached hydrogens (primary N) is 1. The van der Waals surface area contributed by atoms with Crippen LogP contribution in [0.3, 0.4) is 0 Å². The van der Waals surface area contributed by atoms with Crippen molar-refractivity contribution in [3.8, 4) is 17.0 Å². The van der Waals surface area contributed by atoms with Gasteiger partial charge in [-0.05, 0) is 43.6 Å². The highest BCUT2D eigenvalue weighted by atomic mass is 35.5. The normalized spacial score (nSPS) is 25.5. The van der Waals surface area contributed by atoms with Crippen molar-refractivity contribution in [2.75, 3.05) is 18.5 Å². The van der Waals surface area contributed by atoms with Gasteiger partial charge < -0.3 is 29.4 Å². The molecule has 3 aromatic rings. The highest BCUT2D eigenvalue weighted by Gasteiger charge is 2.56. The number of nitrogens with one attached hydrogen (secondary N) is 1. The molecule has 0 spiro atoms. The van der Waals surface area contributed by atoms with Crippen LogP contribution in [0.5, 0.6) is 5.75 Å². The van der Waals surface area contributed by atoms with Gasteiger partial charge in [0, 0.05) is 11.6 Å². The quantitative estimate of drug-likeness (QED) is 0.130. The van der Waals surface area contributed by atoms with Crippen molar-refractivity contribution < 1.29 is 35.7 Å². The number of aliphatic hydroxyl groups excluding tert-OH is 1. The summed E-state index contributed by atoms with van der Waals surface area (Å²) in [6.07, 6.45) is -5.08. The van der Waals surface area contributed by atoms with Gasteiger partial charge in [0.05, 0.1) is 32.9 Å². The molecule has 1 aliphatic rings. The van der Waals surface area contributed by atoms with E-state index in [1.807, 2.05) is 0 Å². The first-order chi connectivity index (χ1) is 20.1. The summed E-state index contributed by atoms with van der Waals surface area (Å²) in [4.78, 5) is 29.3. The average Bonchev–Trinajstić information content (AvgIpc) is 3.42. The Bertz CT molecular complexity index is 1660. The minimum Gasteiger partial charge on any atom is -0.463 e. The number of hydrogen-bond donors (Lipinski definition) is 3. The van der Waals surface area contributed by atoms with Gasteiger partial charge in [-0.2, -0.15) is 4.98 Å². The number of para-hydroxylation sites is 1. The fraction of sp³-hybridized carbons (Fsp3) is 0.423. The van der Waals surface area contributed by atoms with Crippen LogP contribution in [0.25, 0.3) is 11.0 Å². The molecule has 3 heterocycles. The third-order valence-corrected chi connectivity index (χ3v) is 8.46. The first-order valence-electron chi connectivity index (χ1n) is 13.4. The first-order valence-corrected chi connectivity index (χ1v) is 14.8. The van der Waals surface area contributed by atoms with Crippen LogP contribution in [0.1, 0.15) is 29.7 Å². The van der Waals surface area contributed by atoms with Crippen molar-refractivity contribution in [1.82, 2.24) is 14.5 Å². The predicted molar refractivity (Wildman–Crippen MR) is 153 cm³/mol. The topological polar surface area (TPSA) is 168 Å². The number of hydrogen-bond acceptors (Lipinski definition) is 10. The van der Waals surface area contributed by atoms with Crippen molar-refractivity contribution >= 4 is 53.7 Å². The molecule has 0 bridgehead atoms. The van der Waals surface area contributed by atoms with Crippen LogP contribution in [0.15, 0.2) is 47.4 Å². The summed E-state index contributed by atoms with van der Waals surface area (Å²) < 4.78 is 55.1. The number of carbonyl (C=O) groups is 1. The minimum absolute atomic E-state index is 0.00227. The van der Waals surface area contributed by atoms with Gasteiger partial charge in [0.2, 0.25) is 5.95 Å². The molecule has 0 amide bonds. The van der Waals surface area contributed by atoms with E-state index in [-0.39, 0.29) is 22.7 Å². The molecule has 220 valence electrons. The molecule has 41 heavy (non-hydrogen) atoms. The van der Waals surface area contributed by atoms with Crippen LogP contribution in [0, 0.1) is 17.2 Å². The molecule has 4 N–H and O–H groups in total. The molecule has 1 aromatic carbocycles. The van der Waals surface area contributed by atoms with Gasteiger partial charge in [-0.25, -0.2) is 4.57 Å². The Balaban J connectivity index is 1.71. The van der Waals surface area contributed by atoms with Gasteiger partial charge in [-0.1, -0.05) is 42.6 Å². The number of esters is 1. The molecule has 1 saturated heterocycles. The van der Waals surface area contributed by atoms with Crippen LogP contribution in [0.2, 0.25) is 0 Å². The zero-order valence-electron chi connectivity index (χ0n) is 24.1. The van der Waals surface area contributed by atoms with E-state index in [2.05, 4.69) is 21.3 Å². The molecule has 0 radical (unpaired) electrons. The number of benzene rings is 1. The highest BCUT2D eigenvalue weighted by molar-refractivity contribution is 7.54. The van der Waals surface area contributed by atoms with E-state index in [0.717, 1.165) is 0 Å². The van der Waals surface area contributed by atoms with Gasteiger partial charge in [-0.15, -0.1) is 0 Å². The number of nitrogen functional groups attached to an aromatic ring is 1. The molecule has 1 aliphatic heterocycles. The zero-order chi connectivity index (χ0) is 31.7. The molecule has 1 unspecified atom stereocenters. The maximum atomic E-state index is 14.1. The van der Waals surface area contributed by atoms with E-state index in [4.69, 9.17) is 50.2 Å². The molecule has 12 nitrogen and oxygen atoms in total. The van der Waals surface area contributed by atoms with E-state index < -0.39 is 67.2 Å². The third-order valence-electron chi connectivity index (χ3n) is 5.99. The van der Waals surface area contributed by atoms with Gasteiger partial charge in [0.1, 0.15) is 18.0 Å². The molecule has 1 fully saturated rings. The van der Waals surface area contributed by atoms with Gasteiger partial charge in [0.15, 0.2) is 16.7 Å². The Kier molecular flexibility index (Phi) is 8.53. The number of H-pyrrole nitrogens is 1. The van der Waals surface area contributed by atoms with Gasteiger partial charge in [-0.3, -0.25) is 19.1 Å². The lowest BCUT2D eigenvalue weighted by Gasteiger charge is -2.26. The van der Waals surface area contributed by atoms with Crippen LogP contribution in [-0.2, 0) is 23.4 Å². The fourth-order valence-corrected chi connectivity index (χ4v) is 6.36. The zero-order valence-corrected chi connectivity index (χ0v) is 24.5. The van der Waals surface area contributed by atoms with E-state index in [1.54, 1.807) is 32.0 Å². The lowest BCUT2D eigenvalue weighted by atomic mass is 9.99. The van der Waals surface area contributed by atoms with E-state index >= 15 is 0 Å². The number of nitrogens with zero attached hydrogens (tertiary/aromatic N) is 2. The summed E-state index contributed by atoms with van der Waals surface area (Å²) >= 11 is 12.4. The van der Waals surface area contributed by atoms with Gasteiger partial charge in [0.25, 0.3) is 5.56 Å². The molecule has 4 rings (SSSR count). The van der Waals surface area contributed by atoms with Crippen molar-refractivity contribution in [2.45, 2.75) is 50.2 Å². The fourth-order valence-electron chi connectivity index (χ4n) is 4.12. The smallest absolute Gasteiger partial charge is 0.380 e. The van der Waals surface area contributed by atoms with E-state index in [1.165, 1.54) is 35.9 Å². The van der Waals surface area contributed by atoms with Crippen LogP contribution in [-0.4, -0.2) is 61.5 Å². The Morgan fingerprint density at radius 2 is 2.07 bits per heavy atom. The Labute approximate surface area is 248 Å². The number of fused-ring (bicyclic) bond motifs is 1. The number of ether oxygens (including phenoxy) is 2. The number of alkyl halides is 1. The molecule has 0 saturated carbocycles. The molecular weight excluding hydrogens is 598 g/mol. The summed E-state index contributed by atoms with van der Waals surface area (Å²) in [5, 5.41) is 13.5. The van der Waals surface area contributed by atoms with Crippen LogP contribution >= 0.6 is 30.8 Å². The molecule has 0 aliphatic carbocycles. The summed E-state index contributed by atoms with van der Waals surface area (Å²) in [6, 6.07) is 9.20. The maximum Gasteiger partial charge on any atom is 0.380 e. The lowest BCUT2D eigenvalue weighted by molar-refractivity contribution is -0.151. The Morgan fingerprint density at radius 3 is 2.73 bits per heavy atom. The molecule has 15 heteroatoms. The van der Waals surface area contributed by atoms with Crippen molar-refractivity contribution in [3.05, 3.63) is 52.9 Å². The Hall–Kier alpha value is -3.04. The number of rotatable bonds is 10. The number of aromatic nitrogens is 3. The summed E-state index contributed by atoms with van der Waals surface area (Å²) in [5.74, 6) is 0.540. The SMILES string of the molecule is [2H]C([2H])(O[P@@](=O)(C[C@@H](C)C(=O)OC(C)C)Oc1ccccc1)[C@H]1O[C@@H](n2ccc3c(=O)[nH]c(N)nc32)C(Cl)(C#CCl)[C@H]1O. The largest absolute Gasteiger partial charge is 0.463 e. The molecule has 6 atom stereocenters. The number of carbonyl (C=O) groups excluding carboxylic acids is 1. The lowest BCUT2D eigenvalue weighted by Crippen LogP contribution is -2.41. The van der Waals surface area contributed by atoms with E-state index in [0.29, 0.717) is 0 Å². The maximum absolute atomic E-state index is 14.1. The number of halogens is 2. The van der Waals surface area contributed by atoms with Crippen molar-refractivity contribution in [2.24, 2.45) is 5.92 Å². The number of aromatic amines is 1. The number of anilines is 1. The summed E-state index contributed by atoms with van der Waals surface area (Å²) in [7, 11) is -4.54. The van der Waals surface area contributed by atoms with Crippen LogP contribution < -0.4 is 15.8 Å². The monoisotopic (exact) mass is 628 g/mol. The Morgan fingerprint density at radius 1 is 1.37 bits per heavy atom. The predicted octanol–water partition coefficient (Wildman–Crippen LogP) is 3.62. The van der Waals surface area contributed by atoms with Crippen molar-refractivity contribution in [1.29, 1.82) is 0 Å². The first kappa shape index (κ1) is 28.1. The van der Waals surface area contributed by atoms with E-state index in [9.17, 15) is 19.3 Å². The van der Waals surface area contributed by atoms with Crippen molar-refractivity contribution in [3.63, 3.8) is 0 Å². The summed E-state index contributed by atoms with van der Waals surface area (Å²) in [6.45, 7) is 1.65. The second-order valence-electron chi connectivity index (χ2n) is 9.55. The van der Waals surface area contributed by atoms with Gasteiger partial charge >= 0.3 is 13.6 Å². The highest BCUT2D eigenvalue weighted by Crippen LogP contribution is 2.52. The second-order valence-corrected chi connectivity index (χ2v) is 12.3. The third kappa shape index (κ3) is 6.72. The molecule has 2 aromatic heterocycles.